The van der Waals surface area contributed by atoms with Gasteiger partial charge >= 0.3 is 0 Å². The Labute approximate surface area is 139 Å². The van der Waals surface area contributed by atoms with Gasteiger partial charge in [-0.3, -0.25) is 4.79 Å². The van der Waals surface area contributed by atoms with Crippen LogP contribution in [0, 0.1) is 5.41 Å². The number of rotatable bonds is 9. The first kappa shape index (κ1) is 20.4. The molecule has 0 atom stereocenters. The Kier molecular flexibility index (Phi) is 9.92. The van der Waals surface area contributed by atoms with E-state index in [9.17, 15) is 4.79 Å². The molecule has 0 spiro atoms. The van der Waals surface area contributed by atoms with E-state index in [1.807, 2.05) is 23.3 Å². The lowest BCUT2D eigenvalue weighted by Gasteiger charge is -2.29. The summed E-state index contributed by atoms with van der Waals surface area (Å²) in [4.78, 5) is 15.3. The fraction of sp³-hybridized carbons (Fsp3) is 0.688. The van der Waals surface area contributed by atoms with E-state index < -0.39 is 0 Å². The Hall–Kier alpha value is -0.580. The number of amides is 1. The number of nitrogens with zero attached hydrogens (tertiary/aromatic N) is 1. The molecule has 0 bridgehead atoms. The molecular formula is C16H29ClN2OS. The summed E-state index contributed by atoms with van der Waals surface area (Å²) in [6.07, 6.45) is 5.07. The van der Waals surface area contributed by atoms with Gasteiger partial charge in [0.2, 0.25) is 5.91 Å². The molecular weight excluding hydrogens is 304 g/mol. The van der Waals surface area contributed by atoms with Crippen molar-refractivity contribution in [2.45, 2.75) is 46.0 Å². The van der Waals surface area contributed by atoms with E-state index in [2.05, 4.69) is 31.4 Å². The largest absolute Gasteiger partial charge is 0.345 e. The number of aryl methyl sites for hydroxylation is 1. The molecule has 0 aliphatic carbocycles. The molecule has 122 valence electrons. The van der Waals surface area contributed by atoms with Crippen molar-refractivity contribution < 1.29 is 4.79 Å². The molecule has 0 aliphatic heterocycles. The summed E-state index contributed by atoms with van der Waals surface area (Å²) in [6, 6.07) is 4.27. The predicted molar refractivity (Wildman–Crippen MR) is 94.2 cm³/mol. The van der Waals surface area contributed by atoms with Gasteiger partial charge in [-0.05, 0) is 42.7 Å². The van der Waals surface area contributed by atoms with Crippen molar-refractivity contribution in [2.75, 3.05) is 20.1 Å². The van der Waals surface area contributed by atoms with Crippen LogP contribution in [0.15, 0.2) is 17.5 Å². The molecule has 21 heavy (non-hydrogen) atoms. The zero-order chi connectivity index (χ0) is 15.0. The molecule has 1 aromatic rings. The van der Waals surface area contributed by atoms with Crippen LogP contribution in [0.1, 0.15) is 44.4 Å². The van der Waals surface area contributed by atoms with Gasteiger partial charge in [-0.25, -0.2) is 0 Å². The van der Waals surface area contributed by atoms with Crippen LogP contribution in [0.3, 0.4) is 0 Å². The minimum Gasteiger partial charge on any atom is -0.345 e. The SMILES string of the molecule is CN(CC(C)(C)CN)C(=O)CCCCCc1cccs1.Cl. The van der Waals surface area contributed by atoms with Crippen molar-refractivity contribution in [1.82, 2.24) is 4.90 Å². The number of unbranched alkanes of at least 4 members (excludes halogenated alkanes) is 2. The smallest absolute Gasteiger partial charge is 0.222 e. The van der Waals surface area contributed by atoms with E-state index in [-0.39, 0.29) is 23.7 Å². The highest BCUT2D eigenvalue weighted by molar-refractivity contribution is 7.09. The minimum atomic E-state index is 0. The summed E-state index contributed by atoms with van der Waals surface area (Å²) in [5, 5.41) is 2.12. The second-order valence-corrected chi connectivity index (χ2v) is 7.29. The Morgan fingerprint density at radius 2 is 2.05 bits per heavy atom. The lowest BCUT2D eigenvalue weighted by molar-refractivity contribution is -0.131. The molecule has 3 nitrogen and oxygen atoms in total. The monoisotopic (exact) mass is 332 g/mol. The normalized spacial score (nSPS) is 11.0. The number of nitrogens with two attached hydrogens (primary N) is 1. The quantitative estimate of drug-likeness (QED) is 0.700. The fourth-order valence-corrected chi connectivity index (χ4v) is 2.94. The molecule has 1 heterocycles. The molecule has 1 amide bonds. The molecule has 1 aromatic heterocycles. The highest BCUT2D eigenvalue weighted by Crippen LogP contribution is 2.16. The van der Waals surface area contributed by atoms with Crippen molar-refractivity contribution in [3.63, 3.8) is 0 Å². The molecule has 0 radical (unpaired) electrons. The fourth-order valence-electron chi connectivity index (χ4n) is 2.19. The molecule has 0 aromatic carbocycles. The lowest BCUT2D eigenvalue weighted by Crippen LogP contribution is -2.39. The Bertz CT molecular complexity index is 393. The maximum Gasteiger partial charge on any atom is 0.222 e. The molecule has 0 unspecified atom stereocenters. The number of halogens is 1. The maximum absolute atomic E-state index is 12.0. The molecule has 0 saturated carbocycles. The van der Waals surface area contributed by atoms with Gasteiger partial charge < -0.3 is 10.6 Å². The molecule has 2 N–H and O–H groups in total. The Morgan fingerprint density at radius 1 is 1.33 bits per heavy atom. The standard InChI is InChI=1S/C16H28N2OS.ClH/c1-16(2,12-17)13-18(3)15(19)10-6-4-5-8-14-9-7-11-20-14;/h7,9,11H,4-6,8,10,12-13,17H2,1-3H3;1H. The number of hydrogen-bond acceptors (Lipinski definition) is 3. The van der Waals surface area contributed by atoms with Gasteiger partial charge in [0, 0.05) is 24.9 Å². The van der Waals surface area contributed by atoms with Crippen LogP contribution < -0.4 is 5.73 Å². The van der Waals surface area contributed by atoms with Crippen molar-refractivity contribution in [1.29, 1.82) is 0 Å². The Balaban J connectivity index is 0.00000400. The van der Waals surface area contributed by atoms with Crippen molar-refractivity contribution in [3.05, 3.63) is 22.4 Å². The first-order valence-electron chi connectivity index (χ1n) is 7.41. The third kappa shape index (κ3) is 8.44. The summed E-state index contributed by atoms with van der Waals surface area (Å²) in [7, 11) is 1.88. The van der Waals surface area contributed by atoms with Crippen molar-refractivity contribution >= 4 is 29.7 Å². The first-order valence-corrected chi connectivity index (χ1v) is 8.29. The third-order valence-electron chi connectivity index (χ3n) is 3.54. The van der Waals surface area contributed by atoms with Crippen LogP contribution in [0.2, 0.25) is 0 Å². The lowest BCUT2D eigenvalue weighted by atomic mass is 9.93. The molecule has 5 heteroatoms. The number of carbonyl (C=O) groups excluding carboxylic acids is 1. The minimum absolute atomic E-state index is 0. The summed E-state index contributed by atoms with van der Waals surface area (Å²) in [6.45, 7) is 5.53. The third-order valence-corrected chi connectivity index (χ3v) is 4.47. The Morgan fingerprint density at radius 3 is 2.62 bits per heavy atom. The van der Waals surface area contributed by atoms with Crippen molar-refractivity contribution in [2.24, 2.45) is 11.1 Å². The van der Waals surface area contributed by atoms with E-state index in [4.69, 9.17) is 5.73 Å². The average molecular weight is 333 g/mol. The highest BCUT2D eigenvalue weighted by Gasteiger charge is 2.20. The van der Waals surface area contributed by atoms with Crippen LogP contribution in [-0.4, -0.2) is 30.9 Å². The summed E-state index contributed by atoms with van der Waals surface area (Å²) < 4.78 is 0. The van der Waals surface area contributed by atoms with E-state index in [1.165, 1.54) is 11.3 Å². The second kappa shape index (κ2) is 10.2. The van der Waals surface area contributed by atoms with Crippen LogP contribution in [-0.2, 0) is 11.2 Å². The molecule has 0 saturated heterocycles. The van der Waals surface area contributed by atoms with Crippen LogP contribution in [0.5, 0.6) is 0 Å². The maximum atomic E-state index is 12.0. The summed E-state index contributed by atoms with van der Waals surface area (Å²) in [5.41, 5.74) is 5.71. The van der Waals surface area contributed by atoms with Gasteiger partial charge in [-0.15, -0.1) is 23.7 Å². The topological polar surface area (TPSA) is 46.3 Å². The number of thiophene rings is 1. The zero-order valence-electron chi connectivity index (χ0n) is 13.4. The van der Waals surface area contributed by atoms with Crippen LogP contribution in [0.25, 0.3) is 0 Å². The van der Waals surface area contributed by atoms with Crippen LogP contribution in [0.4, 0.5) is 0 Å². The van der Waals surface area contributed by atoms with Crippen LogP contribution >= 0.6 is 23.7 Å². The van der Waals surface area contributed by atoms with E-state index >= 15 is 0 Å². The predicted octanol–water partition coefficient (Wildman–Crippen LogP) is 3.72. The number of carbonyl (C=O) groups is 1. The average Bonchev–Trinajstić information content (AvgIpc) is 2.90. The highest BCUT2D eigenvalue weighted by atomic mass is 35.5. The van der Waals surface area contributed by atoms with E-state index in [0.29, 0.717) is 13.0 Å². The van der Waals surface area contributed by atoms with Gasteiger partial charge in [0.05, 0.1) is 0 Å². The molecule has 0 aliphatic rings. The first-order chi connectivity index (χ1) is 9.44. The van der Waals surface area contributed by atoms with Gasteiger partial charge in [-0.1, -0.05) is 26.3 Å². The van der Waals surface area contributed by atoms with E-state index in [0.717, 1.165) is 25.8 Å². The summed E-state index contributed by atoms with van der Waals surface area (Å²) >= 11 is 1.81. The molecule has 1 rings (SSSR count). The van der Waals surface area contributed by atoms with Gasteiger partial charge in [0.25, 0.3) is 0 Å². The summed E-state index contributed by atoms with van der Waals surface area (Å²) in [5.74, 6) is 0.239. The van der Waals surface area contributed by atoms with E-state index in [1.54, 1.807) is 0 Å². The second-order valence-electron chi connectivity index (χ2n) is 6.26. The van der Waals surface area contributed by atoms with Gasteiger partial charge in [-0.2, -0.15) is 0 Å². The zero-order valence-corrected chi connectivity index (χ0v) is 15.1. The van der Waals surface area contributed by atoms with Gasteiger partial charge in [0.15, 0.2) is 0 Å². The van der Waals surface area contributed by atoms with Crippen molar-refractivity contribution in [3.8, 4) is 0 Å². The molecule has 0 fully saturated rings. The van der Waals surface area contributed by atoms with Gasteiger partial charge in [0.1, 0.15) is 0 Å². The number of hydrogen-bond donors (Lipinski definition) is 1.